The maximum atomic E-state index is 13.3. The summed E-state index contributed by atoms with van der Waals surface area (Å²) in [4.78, 5) is 31.8. The molecule has 7 nitrogen and oxygen atoms in total. The minimum atomic E-state index is -0.901. The summed E-state index contributed by atoms with van der Waals surface area (Å²) in [5, 5.41) is 14.6. The lowest BCUT2D eigenvalue weighted by Crippen LogP contribution is -2.46. The first kappa shape index (κ1) is 17.2. The van der Waals surface area contributed by atoms with Gasteiger partial charge >= 0.3 is 5.97 Å². The van der Waals surface area contributed by atoms with Crippen LogP contribution in [0.25, 0.3) is 10.6 Å². The van der Waals surface area contributed by atoms with Gasteiger partial charge in [-0.1, -0.05) is 12.8 Å². The average molecular weight is 374 g/mol. The lowest BCUT2D eigenvalue weighted by molar-refractivity contribution is -0.141. The number of rotatable bonds is 3. The van der Waals surface area contributed by atoms with Gasteiger partial charge in [0.1, 0.15) is 15.9 Å². The van der Waals surface area contributed by atoms with Gasteiger partial charge in [-0.05, 0) is 32.1 Å². The largest absolute Gasteiger partial charge is 0.480 e. The number of fused-ring (bicyclic) bond motifs is 1. The van der Waals surface area contributed by atoms with Gasteiger partial charge in [0.25, 0.3) is 5.91 Å². The Balaban J connectivity index is 1.67. The number of carboxylic acids is 1. The smallest absolute Gasteiger partial charge is 0.326 e. The molecule has 3 heterocycles. The Morgan fingerprint density at radius 1 is 1.31 bits per heavy atom. The molecule has 138 valence electrons. The summed E-state index contributed by atoms with van der Waals surface area (Å²) in [6.45, 7) is 1.81. The number of carbonyl (C=O) groups excluding carboxylic acids is 1. The molecule has 2 fully saturated rings. The number of carboxylic acid groups (broad SMARTS) is 1. The molecule has 3 unspecified atom stereocenters. The fourth-order valence-electron chi connectivity index (χ4n) is 4.34. The summed E-state index contributed by atoms with van der Waals surface area (Å²) < 4.78 is 1.70. The molecule has 26 heavy (non-hydrogen) atoms. The maximum absolute atomic E-state index is 13.3. The van der Waals surface area contributed by atoms with Crippen molar-refractivity contribution < 1.29 is 14.7 Å². The van der Waals surface area contributed by atoms with Crippen molar-refractivity contribution in [3.63, 3.8) is 0 Å². The number of hydrogen-bond acceptors (Lipinski definition) is 5. The highest BCUT2D eigenvalue weighted by Crippen LogP contribution is 2.41. The van der Waals surface area contributed by atoms with Crippen LogP contribution in [0.15, 0.2) is 12.4 Å². The van der Waals surface area contributed by atoms with Crippen LogP contribution in [0, 0.1) is 12.8 Å². The molecule has 1 amide bonds. The number of hydrogen-bond donors (Lipinski definition) is 1. The second-order valence-corrected chi connectivity index (χ2v) is 8.25. The van der Waals surface area contributed by atoms with E-state index in [9.17, 15) is 14.7 Å². The molecule has 2 aromatic rings. The topological polar surface area (TPSA) is 88.3 Å². The molecule has 0 spiro atoms. The Morgan fingerprint density at radius 3 is 2.77 bits per heavy atom. The van der Waals surface area contributed by atoms with E-state index in [1.807, 2.05) is 20.2 Å². The molecule has 0 bridgehead atoms. The van der Waals surface area contributed by atoms with Crippen molar-refractivity contribution in [2.45, 2.75) is 51.1 Å². The Morgan fingerprint density at radius 2 is 2.08 bits per heavy atom. The van der Waals surface area contributed by atoms with Crippen molar-refractivity contribution in [2.24, 2.45) is 13.0 Å². The van der Waals surface area contributed by atoms with Gasteiger partial charge in [-0.25, -0.2) is 9.78 Å². The number of aromatic nitrogens is 3. The van der Waals surface area contributed by atoms with E-state index in [-0.39, 0.29) is 11.9 Å². The zero-order chi connectivity index (χ0) is 18.4. The van der Waals surface area contributed by atoms with Crippen LogP contribution in [0.5, 0.6) is 0 Å². The number of aryl methyl sites for hydroxylation is 2. The lowest BCUT2D eigenvalue weighted by atomic mass is 9.85. The molecular formula is C18H22N4O3S. The Bertz CT molecular complexity index is 858. The van der Waals surface area contributed by atoms with E-state index in [0.717, 1.165) is 36.3 Å². The quantitative estimate of drug-likeness (QED) is 0.892. The van der Waals surface area contributed by atoms with Gasteiger partial charge in [0, 0.05) is 24.8 Å². The monoisotopic (exact) mass is 374 g/mol. The Hall–Kier alpha value is -2.22. The normalized spacial score (nSPS) is 25.3. The van der Waals surface area contributed by atoms with Gasteiger partial charge in [0.05, 0.1) is 11.9 Å². The molecule has 1 aliphatic heterocycles. The number of carbonyl (C=O) groups is 2. The van der Waals surface area contributed by atoms with Gasteiger partial charge in [-0.15, -0.1) is 11.3 Å². The third-order valence-corrected chi connectivity index (χ3v) is 6.74. The molecule has 0 aromatic carbocycles. The van der Waals surface area contributed by atoms with Gasteiger partial charge < -0.3 is 10.0 Å². The SMILES string of the molecule is Cc1nc(-c2cnn(C)c2)sc1C(=O)N1C(C(=O)O)CC2CCCCC21. The summed E-state index contributed by atoms with van der Waals surface area (Å²) in [6.07, 6.45) is 8.24. The van der Waals surface area contributed by atoms with E-state index in [2.05, 4.69) is 10.1 Å². The second kappa shape index (κ2) is 6.50. The summed E-state index contributed by atoms with van der Waals surface area (Å²) in [5.41, 5.74) is 1.52. The van der Waals surface area contributed by atoms with Gasteiger partial charge in [0.2, 0.25) is 0 Å². The molecule has 1 aliphatic carbocycles. The molecule has 2 aromatic heterocycles. The zero-order valence-corrected chi connectivity index (χ0v) is 15.7. The first-order valence-electron chi connectivity index (χ1n) is 8.97. The fourth-order valence-corrected chi connectivity index (χ4v) is 5.33. The summed E-state index contributed by atoms with van der Waals surface area (Å²) >= 11 is 1.33. The number of thiazole rings is 1. The Labute approximate surface area is 155 Å². The van der Waals surface area contributed by atoms with Crippen LogP contribution >= 0.6 is 11.3 Å². The highest BCUT2D eigenvalue weighted by Gasteiger charge is 2.48. The highest BCUT2D eigenvalue weighted by atomic mass is 32.1. The molecule has 0 radical (unpaired) electrons. The predicted octanol–water partition coefficient (Wildman–Crippen LogP) is 2.71. The predicted molar refractivity (Wildman–Crippen MR) is 97.0 cm³/mol. The van der Waals surface area contributed by atoms with Crippen molar-refractivity contribution in [3.05, 3.63) is 23.0 Å². The van der Waals surface area contributed by atoms with E-state index in [1.165, 1.54) is 11.3 Å². The fraction of sp³-hybridized carbons (Fsp3) is 0.556. The van der Waals surface area contributed by atoms with Crippen LogP contribution in [0.4, 0.5) is 0 Å². The van der Waals surface area contributed by atoms with Gasteiger partial charge in [0.15, 0.2) is 0 Å². The van der Waals surface area contributed by atoms with Crippen LogP contribution in [0.2, 0.25) is 0 Å². The second-order valence-electron chi connectivity index (χ2n) is 7.25. The third kappa shape index (κ3) is 2.82. The first-order chi connectivity index (χ1) is 12.5. The number of nitrogens with zero attached hydrogens (tertiary/aromatic N) is 4. The molecule has 4 rings (SSSR count). The highest BCUT2D eigenvalue weighted by molar-refractivity contribution is 7.17. The van der Waals surface area contributed by atoms with Crippen molar-refractivity contribution in [1.82, 2.24) is 19.7 Å². The van der Waals surface area contributed by atoms with E-state index >= 15 is 0 Å². The summed E-state index contributed by atoms with van der Waals surface area (Å²) in [6, 6.07) is -0.681. The average Bonchev–Trinajstić information content (AvgIpc) is 3.30. The van der Waals surface area contributed by atoms with Crippen molar-refractivity contribution in [3.8, 4) is 10.6 Å². The molecule has 8 heteroatoms. The first-order valence-corrected chi connectivity index (χ1v) is 9.79. The Kier molecular flexibility index (Phi) is 4.30. The van der Waals surface area contributed by atoms with Gasteiger partial charge in [-0.3, -0.25) is 9.48 Å². The number of likely N-dealkylation sites (tertiary alicyclic amines) is 1. The van der Waals surface area contributed by atoms with Crippen LogP contribution in [-0.4, -0.2) is 48.7 Å². The summed E-state index contributed by atoms with van der Waals surface area (Å²) in [5.74, 6) is -0.779. The van der Waals surface area contributed by atoms with Crippen LogP contribution in [0.1, 0.15) is 47.5 Å². The minimum absolute atomic E-state index is 0.0423. The molecule has 1 N–H and O–H groups in total. The van der Waals surface area contributed by atoms with E-state index < -0.39 is 12.0 Å². The number of aliphatic carboxylic acids is 1. The summed E-state index contributed by atoms with van der Waals surface area (Å²) in [7, 11) is 1.83. The molecule has 1 saturated carbocycles. The van der Waals surface area contributed by atoms with Crippen LogP contribution in [-0.2, 0) is 11.8 Å². The molecular weight excluding hydrogens is 352 g/mol. The van der Waals surface area contributed by atoms with Gasteiger partial charge in [-0.2, -0.15) is 5.10 Å². The lowest BCUT2D eigenvalue weighted by Gasteiger charge is -2.32. The van der Waals surface area contributed by atoms with Crippen LogP contribution in [0.3, 0.4) is 0 Å². The zero-order valence-electron chi connectivity index (χ0n) is 14.9. The van der Waals surface area contributed by atoms with E-state index in [1.54, 1.807) is 15.8 Å². The maximum Gasteiger partial charge on any atom is 0.326 e. The standard InChI is InChI=1S/C18H22N4O3S/c1-10-15(26-16(20-10)12-8-19-21(2)9-12)17(23)22-13-6-4-3-5-11(13)7-14(22)18(24)25/h8-9,11,13-14H,3-7H2,1-2H3,(H,24,25). The van der Waals surface area contributed by atoms with Crippen LogP contribution < -0.4 is 0 Å². The number of amides is 1. The molecule has 3 atom stereocenters. The van der Waals surface area contributed by atoms with Crippen molar-refractivity contribution in [1.29, 1.82) is 0 Å². The third-order valence-electron chi connectivity index (χ3n) is 5.55. The van der Waals surface area contributed by atoms with Crippen molar-refractivity contribution in [2.75, 3.05) is 0 Å². The van der Waals surface area contributed by atoms with E-state index in [4.69, 9.17) is 0 Å². The minimum Gasteiger partial charge on any atom is -0.480 e. The molecule has 1 saturated heterocycles. The van der Waals surface area contributed by atoms with E-state index in [0.29, 0.717) is 22.9 Å². The van der Waals surface area contributed by atoms with Crippen molar-refractivity contribution >= 4 is 23.2 Å². The molecule has 2 aliphatic rings.